The molecule has 1 aromatic carbocycles. The van der Waals surface area contributed by atoms with E-state index < -0.39 is 0 Å². The highest BCUT2D eigenvalue weighted by atomic mass is 16.5. The van der Waals surface area contributed by atoms with Crippen LogP contribution in [0.25, 0.3) is 0 Å². The van der Waals surface area contributed by atoms with Crippen LogP contribution in [0.2, 0.25) is 0 Å². The number of methoxy groups -OCH3 is 2. The van der Waals surface area contributed by atoms with Crippen LogP contribution in [0.5, 0.6) is 11.5 Å². The highest BCUT2D eigenvalue weighted by Gasteiger charge is 2.06. The fraction of sp³-hybridized carbons (Fsp3) is 0.538. The molecule has 0 saturated carbocycles. The van der Waals surface area contributed by atoms with E-state index in [-0.39, 0.29) is 0 Å². The smallest absolute Gasteiger partial charge is 0.160 e. The van der Waals surface area contributed by atoms with Gasteiger partial charge in [0.25, 0.3) is 0 Å². The Morgan fingerprint density at radius 2 is 1.80 bits per heavy atom. The molecule has 0 saturated heterocycles. The van der Waals surface area contributed by atoms with Crippen LogP contribution in [0.4, 0.5) is 0 Å². The van der Waals surface area contributed by atoms with E-state index in [0.29, 0.717) is 5.92 Å². The molecule has 1 unspecified atom stereocenters. The standard InChI is InChI=1S/C13H20O2/c1-5-10(2)8-11-6-7-12(14-3)13(9-11)15-4/h6-7,9-10H,5,8H2,1-4H3. The molecule has 1 aromatic rings. The fourth-order valence-corrected chi connectivity index (χ4v) is 1.55. The van der Waals surface area contributed by atoms with Gasteiger partial charge in [-0.3, -0.25) is 0 Å². The quantitative estimate of drug-likeness (QED) is 0.739. The van der Waals surface area contributed by atoms with Crippen molar-refractivity contribution in [3.8, 4) is 11.5 Å². The second kappa shape index (κ2) is 5.64. The first-order valence-electron chi connectivity index (χ1n) is 5.42. The van der Waals surface area contributed by atoms with Gasteiger partial charge < -0.3 is 9.47 Å². The summed E-state index contributed by atoms with van der Waals surface area (Å²) in [5, 5.41) is 0. The molecule has 0 radical (unpaired) electrons. The molecular formula is C13H20O2. The minimum Gasteiger partial charge on any atom is -0.493 e. The van der Waals surface area contributed by atoms with Crippen molar-refractivity contribution in [3.05, 3.63) is 23.8 Å². The molecule has 84 valence electrons. The van der Waals surface area contributed by atoms with Crippen LogP contribution in [0.15, 0.2) is 18.2 Å². The normalized spacial score (nSPS) is 12.3. The Bertz CT molecular complexity index is 307. The van der Waals surface area contributed by atoms with Crippen LogP contribution >= 0.6 is 0 Å². The maximum atomic E-state index is 5.27. The Hall–Kier alpha value is -1.18. The third-order valence-corrected chi connectivity index (χ3v) is 2.73. The Morgan fingerprint density at radius 3 is 2.33 bits per heavy atom. The highest BCUT2D eigenvalue weighted by Crippen LogP contribution is 2.28. The molecule has 1 atom stereocenters. The first-order valence-corrected chi connectivity index (χ1v) is 5.42. The minimum atomic E-state index is 0.711. The van der Waals surface area contributed by atoms with E-state index >= 15 is 0 Å². The van der Waals surface area contributed by atoms with Gasteiger partial charge in [0.15, 0.2) is 11.5 Å². The molecule has 1 rings (SSSR count). The molecule has 0 N–H and O–H groups in total. The van der Waals surface area contributed by atoms with Crippen molar-refractivity contribution in [2.24, 2.45) is 5.92 Å². The Balaban J connectivity index is 2.83. The van der Waals surface area contributed by atoms with E-state index in [2.05, 4.69) is 26.0 Å². The third kappa shape index (κ3) is 3.15. The van der Waals surface area contributed by atoms with Crippen LogP contribution in [0, 0.1) is 5.92 Å². The lowest BCUT2D eigenvalue weighted by atomic mass is 9.99. The predicted octanol–water partition coefficient (Wildman–Crippen LogP) is 3.29. The van der Waals surface area contributed by atoms with Gasteiger partial charge in [-0.2, -0.15) is 0 Å². The second-order valence-corrected chi connectivity index (χ2v) is 3.91. The first kappa shape index (κ1) is 11.9. The number of rotatable bonds is 5. The van der Waals surface area contributed by atoms with Gasteiger partial charge in [-0.05, 0) is 30.0 Å². The molecule has 0 spiro atoms. The van der Waals surface area contributed by atoms with Crippen LogP contribution < -0.4 is 9.47 Å². The van der Waals surface area contributed by atoms with E-state index in [9.17, 15) is 0 Å². The lowest BCUT2D eigenvalue weighted by molar-refractivity contribution is 0.354. The molecule has 2 nitrogen and oxygen atoms in total. The monoisotopic (exact) mass is 208 g/mol. The van der Waals surface area contributed by atoms with E-state index in [4.69, 9.17) is 9.47 Å². The first-order chi connectivity index (χ1) is 7.21. The van der Waals surface area contributed by atoms with Crippen molar-refractivity contribution >= 4 is 0 Å². The molecule has 2 heteroatoms. The number of hydrogen-bond donors (Lipinski definition) is 0. The Morgan fingerprint density at radius 1 is 1.13 bits per heavy atom. The van der Waals surface area contributed by atoms with Crippen molar-refractivity contribution in [3.63, 3.8) is 0 Å². The summed E-state index contributed by atoms with van der Waals surface area (Å²) in [7, 11) is 3.33. The van der Waals surface area contributed by atoms with Crippen LogP contribution in [0.1, 0.15) is 25.8 Å². The Labute approximate surface area is 92.2 Å². The summed E-state index contributed by atoms with van der Waals surface area (Å²) in [6, 6.07) is 6.13. The lowest BCUT2D eigenvalue weighted by Gasteiger charge is -2.12. The van der Waals surface area contributed by atoms with E-state index in [0.717, 1.165) is 17.9 Å². The topological polar surface area (TPSA) is 18.5 Å². The third-order valence-electron chi connectivity index (χ3n) is 2.73. The van der Waals surface area contributed by atoms with Gasteiger partial charge >= 0.3 is 0 Å². The number of ether oxygens (including phenoxy) is 2. The molecular weight excluding hydrogens is 188 g/mol. The second-order valence-electron chi connectivity index (χ2n) is 3.91. The molecule has 0 heterocycles. The number of hydrogen-bond acceptors (Lipinski definition) is 2. The summed E-state index contributed by atoms with van der Waals surface area (Å²) >= 11 is 0. The molecule has 15 heavy (non-hydrogen) atoms. The van der Waals surface area contributed by atoms with Crippen molar-refractivity contribution in [1.82, 2.24) is 0 Å². The van der Waals surface area contributed by atoms with Gasteiger partial charge in [0.2, 0.25) is 0 Å². The predicted molar refractivity (Wildman–Crippen MR) is 62.7 cm³/mol. The van der Waals surface area contributed by atoms with Crippen molar-refractivity contribution in [2.45, 2.75) is 26.7 Å². The zero-order valence-corrected chi connectivity index (χ0v) is 10.0. The van der Waals surface area contributed by atoms with Gasteiger partial charge in [-0.25, -0.2) is 0 Å². The average Bonchev–Trinajstić information content (AvgIpc) is 2.28. The van der Waals surface area contributed by atoms with Gasteiger partial charge in [0, 0.05) is 0 Å². The van der Waals surface area contributed by atoms with Crippen LogP contribution in [-0.4, -0.2) is 14.2 Å². The lowest BCUT2D eigenvalue weighted by Crippen LogP contribution is -1.99. The Kier molecular flexibility index (Phi) is 4.47. The molecule has 0 bridgehead atoms. The largest absolute Gasteiger partial charge is 0.493 e. The van der Waals surface area contributed by atoms with E-state index in [1.807, 2.05) is 6.07 Å². The van der Waals surface area contributed by atoms with Crippen molar-refractivity contribution < 1.29 is 9.47 Å². The molecule has 0 amide bonds. The summed E-state index contributed by atoms with van der Waals surface area (Å²) in [4.78, 5) is 0. The van der Waals surface area contributed by atoms with Crippen molar-refractivity contribution in [2.75, 3.05) is 14.2 Å². The van der Waals surface area contributed by atoms with Gasteiger partial charge in [0.05, 0.1) is 14.2 Å². The highest BCUT2D eigenvalue weighted by molar-refractivity contribution is 5.42. The van der Waals surface area contributed by atoms with Crippen LogP contribution in [-0.2, 0) is 6.42 Å². The minimum absolute atomic E-state index is 0.711. The summed E-state index contributed by atoms with van der Waals surface area (Å²) < 4.78 is 10.5. The van der Waals surface area contributed by atoms with Gasteiger partial charge in [0.1, 0.15) is 0 Å². The zero-order valence-electron chi connectivity index (χ0n) is 10.0. The fourth-order valence-electron chi connectivity index (χ4n) is 1.55. The van der Waals surface area contributed by atoms with Crippen LogP contribution in [0.3, 0.4) is 0 Å². The summed E-state index contributed by atoms with van der Waals surface area (Å²) in [5.41, 5.74) is 1.31. The average molecular weight is 208 g/mol. The van der Waals surface area contributed by atoms with E-state index in [1.54, 1.807) is 14.2 Å². The molecule has 0 aliphatic heterocycles. The molecule has 0 aliphatic carbocycles. The summed E-state index contributed by atoms with van der Waals surface area (Å²) in [6.45, 7) is 4.47. The van der Waals surface area contributed by atoms with Gasteiger partial charge in [-0.1, -0.05) is 26.3 Å². The SMILES string of the molecule is CCC(C)Cc1ccc(OC)c(OC)c1. The molecule has 0 aromatic heterocycles. The maximum absolute atomic E-state index is 5.27. The number of benzene rings is 1. The van der Waals surface area contributed by atoms with Crippen molar-refractivity contribution in [1.29, 1.82) is 0 Å². The molecule has 0 fully saturated rings. The van der Waals surface area contributed by atoms with E-state index in [1.165, 1.54) is 12.0 Å². The maximum Gasteiger partial charge on any atom is 0.160 e. The molecule has 0 aliphatic rings. The summed E-state index contributed by atoms with van der Waals surface area (Å²) in [6.07, 6.45) is 2.30. The van der Waals surface area contributed by atoms with Gasteiger partial charge in [-0.15, -0.1) is 0 Å². The summed E-state index contributed by atoms with van der Waals surface area (Å²) in [5.74, 6) is 2.33. The zero-order chi connectivity index (χ0) is 11.3.